The Balaban J connectivity index is 0.00000136. The molecule has 0 saturated heterocycles. The van der Waals surface area contributed by atoms with Gasteiger partial charge < -0.3 is 20.5 Å². The quantitative estimate of drug-likeness (QED) is 0.488. The number of hydrogen-bond donors (Lipinski definition) is 0. The Morgan fingerprint density at radius 2 is 1.76 bits per heavy atom. The molecule has 0 bridgehead atoms. The second kappa shape index (κ2) is 11.7. The van der Waals surface area contributed by atoms with Crippen molar-refractivity contribution in [1.82, 2.24) is 15.2 Å². The van der Waals surface area contributed by atoms with E-state index in [9.17, 15) is 13.2 Å². The van der Waals surface area contributed by atoms with E-state index >= 15 is 0 Å². The van der Waals surface area contributed by atoms with Crippen LogP contribution in [0.1, 0.15) is 11.5 Å². The van der Waals surface area contributed by atoms with Gasteiger partial charge >= 0.3 is 6.18 Å². The van der Waals surface area contributed by atoms with Gasteiger partial charge in [0.05, 0.1) is 7.11 Å². The minimum Gasteiger partial charge on any atom is -0.521 e. The third-order valence-corrected chi connectivity index (χ3v) is 3.25. The summed E-state index contributed by atoms with van der Waals surface area (Å²) in [6.45, 7) is 6.71. The van der Waals surface area contributed by atoms with E-state index in [4.69, 9.17) is 13.9 Å². The molecule has 0 fully saturated rings. The van der Waals surface area contributed by atoms with Crippen LogP contribution in [0.5, 0.6) is 5.88 Å². The fraction of sp³-hybridized carbons (Fsp3) is 0.158. The number of pyridine rings is 1. The molecule has 0 aliphatic rings. The molecular weight excluding hydrogens is 464 g/mol. The number of hydrogen-bond acceptors (Lipinski definition) is 6. The van der Waals surface area contributed by atoms with Crippen molar-refractivity contribution in [3.8, 4) is 17.5 Å². The summed E-state index contributed by atoms with van der Waals surface area (Å²) in [7, 11) is 1.41. The SMILES string of the molecule is COc1cccc(-c2nnc([C-](OCc3ccccc3)C(F)(F)F)o2)n1.[CH-]=C.[Y]. The number of aromatic nitrogens is 3. The van der Waals surface area contributed by atoms with Crippen LogP contribution in [0.15, 0.2) is 59.5 Å². The summed E-state index contributed by atoms with van der Waals surface area (Å²) in [5, 5.41) is 7.06. The van der Waals surface area contributed by atoms with Crippen molar-refractivity contribution in [3.63, 3.8) is 0 Å². The normalized spacial score (nSPS) is 10.3. The van der Waals surface area contributed by atoms with E-state index in [0.29, 0.717) is 5.56 Å². The molecule has 0 unspecified atom stereocenters. The third kappa shape index (κ3) is 6.95. The van der Waals surface area contributed by atoms with Crippen molar-refractivity contribution in [1.29, 1.82) is 0 Å². The molecule has 3 rings (SSSR count). The van der Waals surface area contributed by atoms with Gasteiger partial charge in [0.1, 0.15) is 11.6 Å². The fourth-order valence-corrected chi connectivity index (χ4v) is 2.06. The van der Waals surface area contributed by atoms with Gasteiger partial charge in [-0.1, -0.05) is 42.5 Å². The molecule has 2 heterocycles. The van der Waals surface area contributed by atoms with Crippen molar-refractivity contribution in [2.45, 2.75) is 12.8 Å². The summed E-state index contributed by atoms with van der Waals surface area (Å²) in [6.07, 6.45) is -6.15. The topological polar surface area (TPSA) is 70.3 Å². The maximum atomic E-state index is 13.3. The van der Waals surface area contributed by atoms with Crippen LogP contribution in [-0.2, 0) is 44.1 Å². The number of benzene rings is 1. The standard InChI is InChI=1S/C17H13F3N3O3.C2H3.Y/c1-24-13-9-5-8-12(21-13)15-22-23-16(26-15)14(17(18,19)20)25-10-11-6-3-2-4-7-11;1-2;/h2-9H,10H2,1H3;1H,2H2;/q2*-1;. The minimum atomic E-state index is -4.79. The van der Waals surface area contributed by atoms with E-state index < -0.39 is 18.2 Å². The molecule has 1 radical (unpaired) electrons. The monoisotopic (exact) mass is 480 g/mol. The van der Waals surface area contributed by atoms with Crippen LogP contribution in [0.3, 0.4) is 0 Å². The molecule has 0 aliphatic heterocycles. The molecule has 151 valence electrons. The van der Waals surface area contributed by atoms with Crippen LogP contribution < -0.4 is 4.74 Å². The first-order valence-corrected chi connectivity index (χ1v) is 7.84. The molecule has 0 N–H and O–H groups in total. The first kappa shape index (κ1) is 24.8. The van der Waals surface area contributed by atoms with Gasteiger partial charge in [-0.2, -0.15) is 0 Å². The molecule has 1 aromatic carbocycles. The first-order chi connectivity index (χ1) is 13.5. The molecule has 29 heavy (non-hydrogen) atoms. The molecule has 0 amide bonds. The molecule has 0 saturated carbocycles. The number of methoxy groups -OCH3 is 1. The number of halogens is 3. The van der Waals surface area contributed by atoms with Gasteiger partial charge in [0, 0.05) is 45.4 Å². The Kier molecular flexibility index (Phi) is 10.0. The van der Waals surface area contributed by atoms with E-state index in [1.807, 2.05) is 0 Å². The Morgan fingerprint density at radius 1 is 1.07 bits per heavy atom. The number of nitrogens with zero attached hydrogens (tertiary/aromatic N) is 3. The zero-order valence-corrected chi connectivity index (χ0v) is 18.2. The predicted octanol–water partition coefficient (Wildman–Crippen LogP) is 4.40. The zero-order valence-electron chi connectivity index (χ0n) is 15.4. The number of rotatable bonds is 6. The summed E-state index contributed by atoms with van der Waals surface area (Å²) in [5.74, 6) is -0.681. The summed E-state index contributed by atoms with van der Waals surface area (Å²) >= 11 is 0. The summed E-state index contributed by atoms with van der Waals surface area (Å²) < 4.78 is 54.9. The molecule has 6 nitrogen and oxygen atoms in total. The van der Waals surface area contributed by atoms with Gasteiger partial charge in [-0.25, -0.2) is 18.2 Å². The maximum Gasteiger partial charge on any atom is 0.314 e. The zero-order chi connectivity index (χ0) is 20.6. The van der Waals surface area contributed by atoms with Crippen LogP contribution in [0.2, 0.25) is 0 Å². The van der Waals surface area contributed by atoms with E-state index in [0.717, 1.165) is 0 Å². The van der Waals surface area contributed by atoms with E-state index in [1.165, 1.54) is 13.2 Å². The molecular formula is C19H16F3N3O3Y-2. The minimum absolute atomic E-state index is 0. The molecule has 0 spiro atoms. The van der Waals surface area contributed by atoms with Crippen molar-refractivity contribution in [2.75, 3.05) is 7.11 Å². The van der Waals surface area contributed by atoms with Gasteiger partial charge in [0.25, 0.3) is 5.89 Å². The first-order valence-electron chi connectivity index (χ1n) is 7.84. The fourth-order valence-electron chi connectivity index (χ4n) is 2.06. The Bertz CT molecular complexity index is 876. The average Bonchev–Trinajstić information content (AvgIpc) is 3.19. The van der Waals surface area contributed by atoms with Gasteiger partial charge in [-0.3, -0.25) is 6.58 Å². The van der Waals surface area contributed by atoms with Gasteiger partial charge in [-0.15, -0.1) is 10.2 Å². The van der Waals surface area contributed by atoms with E-state index in [1.54, 1.807) is 42.5 Å². The number of alkyl halides is 3. The molecule has 0 aliphatic carbocycles. The molecule has 10 heteroatoms. The van der Waals surface area contributed by atoms with Crippen molar-refractivity contribution >= 4 is 0 Å². The van der Waals surface area contributed by atoms with Gasteiger partial charge in [-0.05, 0) is 11.6 Å². The van der Waals surface area contributed by atoms with Gasteiger partial charge in [0.15, 0.2) is 0 Å². The summed E-state index contributed by atoms with van der Waals surface area (Å²) in [6, 6.07) is 13.1. The molecule has 0 atom stereocenters. The molecule has 3 aromatic rings. The smallest absolute Gasteiger partial charge is 0.314 e. The predicted molar refractivity (Wildman–Crippen MR) is 93.6 cm³/mol. The third-order valence-electron chi connectivity index (χ3n) is 3.25. The maximum absolute atomic E-state index is 13.3. The Hall–Kier alpha value is -2.23. The van der Waals surface area contributed by atoms with Crippen LogP contribution in [0.4, 0.5) is 13.2 Å². The van der Waals surface area contributed by atoms with Crippen molar-refractivity contribution < 1.29 is 59.8 Å². The van der Waals surface area contributed by atoms with Crippen molar-refractivity contribution in [3.05, 3.63) is 79.2 Å². The average molecular weight is 480 g/mol. The second-order valence-corrected chi connectivity index (χ2v) is 5.08. The van der Waals surface area contributed by atoms with Crippen LogP contribution in [0, 0.1) is 12.7 Å². The van der Waals surface area contributed by atoms with Crippen LogP contribution >= 0.6 is 0 Å². The number of ether oxygens (including phenoxy) is 2. The van der Waals surface area contributed by atoms with Crippen LogP contribution in [0.25, 0.3) is 11.6 Å². The largest absolute Gasteiger partial charge is 0.521 e. The Morgan fingerprint density at radius 3 is 2.38 bits per heavy atom. The van der Waals surface area contributed by atoms with Crippen molar-refractivity contribution in [2.24, 2.45) is 0 Å². The van der Waals surface area contributed by atoms with Crippen LogP contribution in [-0.4, -0.2) is 28.5 Å². The second-order valence-electron chi connectivity index (χ2n) is 5.08. The van der Waals surface area contributed by atoms with Gasteiger partial charge in [0.2, 0.25) is 5.88 Å². The van der Waals surface area contributed by atoms with E-state index in [-0.39, 0.29) is 56.8 Å². The summed E-state index contributed by atoms with van der Waals surface area (Å²) in [5.41, 5.74) is 0.760. The Labute approximate surface area is 191 Å². The summed E-state index contributed by atoms with van der Waals surface area (Å²) in [4.78, 5) is 4.04. The molecule has 2 aromatic heterocycles. The van der Waals surface area contributed by atoms with E-state index in [2.05, 4.69) is 28.3 Å².